The highest BCUT2D eigenvalue weighted by Gasteiger charge is 2.36. The van der Waals surface area contributed by atoms with Gasteiger partial charge in [0.1, 0.15) is 17.6 Å². The zero-order chi connectivity index (χ0) is 22.3. The lowest BCUT2D eigenvalue weighted by molar-refractivity contribution is -0.137. The van der Waals surface area contributed by atoms with Crippen molar-refractivity contribution in [3.05, 3.63) is 87.5 Å². The Labute approximate surface area is 183 Å². The Balaban J connectivity index is 2.08. The molecule has 0 aliphatic carbocycles. The molecule has 2 aromatic heterocycles. The summed E-state index contributed by atoms with van der Waals surface area (Å²) in [6.07, 6.45) is 0. The van der Waals surface area contributed by atoms with E-state index in [4.69, 9.17) is 0 Å². The molecule has 1 N–H and O–H groups in total. The summed E-state index contributed by atoms with van der Waals surface area (Å²) in [5.41, 5.74) is 2.30. The van der Waals surface area contributed by atoms with Gasteiger partial charge in [0.15, 0.2) is 9.84 Å². The molecule has 8 heteroatoms. The van der Waals surface area contributed by atoms with Gasteiger partial charge in [0.05, 0.1) is 4.90 Å². The normalized spacial score (nSPS) is 12.9. The van der Waals surface area contributed by atoms with Crippen LogP contribution in [0.15, 0.2) is 64.9 Å². The van der Waals surface area contributed by atoms with Gasteiger partial charge in [-0.05, 0) is 61.2 Å². The molecule has 31 heavy (non-hydrogen) atoms. The molecule has 2 heterocycles. The summed E-state index contributed by atoms with van der Waals surface area (Å²) in [6.45, 7) is 3.21. The molecular weight excluding hydrogens is 437 g/mol. The van der Waals surface area contributed by atoms with Crippen molar-refractivity contribution in [2.45, 2.75) is 30.5 Å². The number of halogens is 1. The van der Waals surface area contributed by atoms with Crippen molar-refractivity contribution in [3.63, 3.8) is 0 Å². The molecule has 0 amide bonds. The van der Waals surface area contributed by atoms with Gasteiger partial charge in [-0.1, -0.05) is 18.2 Å². The Hall–Kier alpha value is -2.97. The van der Waals surface area contributed by atoms with E-state index in [1.807, 2.05) is 18.4 Å². The average molecular weight is 458 g/mol. The van der Waals surface area contributed by atoms with E-state index in [1.165, 1.54) is 46.2 Å². The number of rotatable bonds is 6. The molecular formula is C23H20FNO4S2. The van der Waals surface area contributed by atoms with E-state index in [0.717, 1.165) is 5.56 Å². The van der Waals surface area contributed by atoms with Crippen LogP contribution in [0.25, 0.3) is 10.9 Å². The Morgan fingerprint density at radius 3 is 2.45 bits per heavy atom. The van der Waals surface area contributed by atoms with Crippen LogP contribution in [-0.2, 0) is 21.2 Å². The first-order valence-electron chi connectivity index (χ1n) is 9.54. The number of carboxylic acids is 1. The number of hydrogen-bond acceptors (Lipinski definition) is 4. The molecule has 0 fully saturated rings. The van der Waals surface area contributed by atoms with Gasteiger partial charge in [-0.15, -0.1) is 11.3 Å². The number of sulfone groups is 1. The van der Waals surface area contributed by atoms with E-state index < -0.39 is 26.9 Å². The largest absolute Gasteiger partial charge is 0.480 e. The van der Waals surface area contributed by atoms with Crippen LogP contribution in [0.2, 0.25) is 0 Å². The van der Waals surface area contributed by atoms with E-state index >= 15 is 0 Å². The number of fused-ring (bicyclic) bond motifs is 1. The lowest BCUT2D eigenvalue weighted by atomic mass is 10.1. The molecule has 1 atom stereocenters. The second kappa shape index (κ2) is 7.94. The van der Waals surface area contributed by atoms with Gasteiger partial charge in [-0.25, -0.2) is 12.8 Å². The fraction of sp³-hybridized carbons (Fsp3) is 0.174. The molecule has 5 nitrogen and oxygen atoms in total. The molecule has 4 rings (SSSR count). The van der Waals surface area contributed by atoms with Crippen LogP contribution >= 0.6 is 11.3 Å². The quantitative estimate of drug-likeness (QED) is 0.437. The number of benzene rings is 2. The maximum Gasteiger partial charge on any atom is 0.323 e. The highest BCUT2D eigenvalue weighted by atomic mass is 32.2. The van der Waals surface area contributed by atoms with E-state index in [-0.39, 0.29) is 11.4 Å². The first-order chi connectivity index (χ1) is 14.7. The van der Waals surface area contributed by atoms with E-state index in [2.05, 4.69) is 0 Å². The van der Waals surface area contributed by atoms with Gasteiger partial charge >= 0.3 is 5.97 Å². The number of hydrogen-bond donors (Lipinski definition) is 1. The average Bonchev–Trinajstić information content (AvgIpc) is 3.25. The summed E-state index contributed by atoms with van der Waals surface area (Å²) >= 11 is 1.32. The summed E-state index contributed by atoms with van der Waals surface area (Å²) in [4.78, 5) is 12.2. The van der Waals surface area contributed by atoms with Crippen LogP contribution < -0.4 is 0 Å². The van der Waals surface area contributed by atoms with Crippen molar-refractivity contribution in [2.75, 3.05) is 0 Å². The predicted molar refractivity (Wildman–Crippen MR) is 119 cm³/mol. The zero-order valence-electron chi connectivity index (χ0n) is 16.9. The minimum absolute atomic E-state index is 0.154. The fourth-order valence-electron chi connectivity index (χ4n) is 3.94. The van der Waals surface area contributed by atoms with Gasteiger partial charge < -0.3 is 9.67 Å². The van der Waals surface area contributed by atoms with Crippen LogP contribution in [0.5, 0.6) is 0 Å². The third-order valence-electron chi connectivity index (χ3n) is 5.28. The molecule has 0 saturated carbocycles. The van der Waals surface area contributed by atoms with Crippen LogP contribution in [0.4, 0.5) is 4.39 Å². The van der Waals surface area contributed by atoms with Crippen LogP contribution in [0, 0.1) is 19.7 Å². The highest BCUT2D eigenvalue weighted by Crippen LogP contribution is 2.43. The number of thiophene rings is 1. The van der Waals surface area contributed by atoms with Gasteiger partial charge in [0, 0.05) is 27.0 Å². The topological polar surface area (TPSA) is 76.4 Å². The lowest BCUT2D eigenvalue weighted by Gasteiger charge is -2.18. The third-order valence-corrected chi connectivity index (χ3v) is 8.59. The number of aromatic nitrogens is 1. The van der Waals surface area contributed by atoms with Crippen molar-refractivity contribution in [2.24, 2.45) is 0 Å². The second-order valence-electron chi connectivity index (χ2n) is 7.40. The van der Waals surface area contributed by atoms with Gasteiger partial charge in [-0.2, -0.15) is 0 Å². The summed E-state index contributed by atoms with van der Waals surface area (Å²) < 4.78 is 43.4. The van der Waals surface area contributed by atoms with Gasteiger partial charge in [0.2, 0.25) is 0 Å². The van der Waals surface area contributed by atoms with Crippen LogP contribution in [0.3, 0.4) is 0 Å². The molecule has 1 unspecified atom stereocenters. The molecule has 0 aliphatic heterocycles. The van der Waals surface area contributed by atoms with Crippen molar-refractivity contribution in [1.29, 1.82) is 0 Å². The Morgan fingerprint density at radius 1 is 1.13 bits per heavy atom. The maximum absolute atomic E-state index is 14.2. The van der Waals surface area contributed by atoms with Crippen LogP contribution in [-0.4, -0.2) is 24.1 Å². The van der Waals surface area contributed by atoms with E-state index in [0.29, 0.717) is 27.0 Å². The minimum Gasteiger partial charge on any atom is -0.480 e. The minimum atomic E-state index is -3.91. The standard InChI is InChI=1S/C23H20FNO4S2/c1-14-10-20(30-13-14)23(31(28,29)17-6-4-3-5-7-17)22-15(2)25(12-21(26)27)19-9-8-16(24)11-18(19)22/h3-11,13,23H,12H2,1-2H3,(H,26,27). The van der Waals surface area contributed by atoms with Crippen LogP contribution in [0.1, 0.15) is 26.9 Å². The number of nitrogens with zero attached hydrogens (tertiary/aromatic N) is 1. The van der Waals surface area contributed by atoms with Crippen molar-refractivity contribution in [1.82, 2.24) is 4.57 Å². The molecule has 4 aromatic rings. The molecule has 2 aromatic carbocycles. The highest BCUT2D eigenvalue weighted by molar-refractivity contribution is 7.92. The number of carbonyl (C=O) groups is 1. The SMILES string of the molecule is Cc1csc(C(c2c(C)n(CC(=O)O)c3ccc(F)cc23)S(=O)(=O)c2ccccc2)c1. The Kier molecular flexibility index (Phi) is 5.45. The predicted octanol–water partition coefficient (Wildman–Crippen LogP) is 5.11. The first kappa shape index (κ1) is 21.3. The smallest absolute Gasteiger partial charge is 0.323 e. The maximum atomic E-state index is 14.2. The Bertz CT molecular complexity index is 1390. The number of aliphatic carboxylic acids is 1. The van der Waals surface area contributed by atoms with Crippen molar-refractivity contribution in [3.8, 4) is 0 Å². The van der Waals surface area contributed by atoms with E-state index in [1.54, 1.807) is 25.1 Å². The Morgan fingerprint density at radius 2 is 1.84 bits per heavy atom. The van der Waals surface area contributed by atoms with Crippen molar-refractivity contribution >= 4 is 38.0 Å². The van der Waals surface area contributed by atoms with Gasteiger partial charge in [0.25, 0.3) is 0 Å². The zero-order valence-corrected chi connectivity index (χ0v) is 18.5. The van der Waals surface area contributed by atoms with E-state index in [9.17, 15) is 22.7 Å². The molecule has 160 valence electrons. The monoisotopic (exact) mass is 457 g/mol. The molecule has 0 radical (unpaired) electrons. The summed E-state index contributed by atoms with van der Waals surface area (Å²) in [6, 6.07) is 14.0. The summed E-state index contributed by atoms with van der Waals surface area (Å²) in [5.74, 6) is -1.58. The first-order valence-corrected chi connectivity index (χ1v) is 12.0. The van der Waals surface area contributed by atoms with Crippen molar-refractivity contribution < 1.29 is 22.7 Å². The second-order valence-corrected chi connectivity index (χ2v) is 10.4. The molecule has 0 aliphatic rings. The molecule has 0 saturated heterocycles. The van der Waals surface area contributed by atoms with Gasteiger partial charge in [-0.3, -0.25) is 4.79 Å². The number of carboxylic acid groups (broad SMARTS) is 1. The number of aryl methyl sites for hydroxylation is 1. The third kappa shape index (κ3) is 3.77. The molecule has 0 spiro atoms. The lowest BCUT2D eigenvalue weighted by Crippen LogP contribution is -2.16. The summed E-state index contributed by atoms with van der Waals surface area (Å²) in [5, 5.41) is 10.6. The summed E-state index contributed by atoms with van der Waals surface area (Å²) in [7, 11) is -3.91. The molecule has 0 bridgehead atoms. The fourth-order valence-corrected chi connectivity index (χ4v) is 7.16.